The van der Waals surface area contributed by atoms with Crippen molar-refractivity contribution in [3.8, 4) is 39.1 Å². The first-order valence-corrected chi connectivity index (χ1v) is 28.6. The zero-order chi connectivity index (χ0) is 45.9. The van der Waals surface area contributed by atoms with Crippen LogP contribution in [0.15, 0.2) is 182 Å². The van der Waals surface area contributed by atoms with Crippen LogP contribution in [0, 0.1) is 39.7 Å². The molecule has 1 aliphatic carbocycles. The molecule has 5 heteroatoms. The number of rotatable bonds is 5. The van der Waals surface area contributed by atoms with Gasteiger partial charge in [0.05, 0.1) is 7.11 Å². The standard InChI is InChI=1S/C20H21O.C18H17.C13H9.C10H9.2ClH.2Zr/c1-14(2)11-15-12-17-5-4-6-19(20(17)13-15)16-7-9-18(21-3)10-8-16;1-12-7-13(2)10-16(9-12)17-6-4-5-15-8-14(3)11-18(15)17;1-3-7-12-10(5-1)9-11-6-2-4-8-13(11)12;1-8-6-9-4-2-3-5-10(9)7-8;;;;/h4-10,12-14H,11H2,1-3H3;4-11H,1-3H3;1-5,7-8H,9H2;2-7H,1H3;2*1H;;/q4*-1;;;+2;+4/p-2. The molecule has 0 heterocycles. The molecule has 10 aromatic carbocycles. The maximum atomic E-state index is 5.24. The minimum Gasteiger partial charge on any atom is -0.179 e. The average Bonchev–Trinajstić information content (AvgIpc) is 4.09. The van der Waals surface area contributed by atoms with Gasteiger partial charge in [0.2, 0.25) is 0 Å². The van der Waals surface area contributed by atoms with E-state index in [1.807, 2.05) is 18.2 Å². The second-order valence-corrected chi connectivity index (χ2v) is 21.1. The van der Waals surface area contributed by atoms with Crippen LogP contribution in [-0.2, 0) is 59.9 Å². The maximum Gasteiger partial charge on any atom is 2.00 e. The summed E-state index contributed by atoms with van der Waals surface area (Å²) in [6, 6.07) is 68.3. The molecule has 0 saturated carbocycles. The Hall–Kier alpha value is -4.48. The molecule has 328 valence electrons. The van der Waals surface area contributed by atoms with Crippen LogP contribution in [0.5, 0.6) is 5.75 Å². The van der Waals surface area contributed by atoms with Crippen molar-refractivity contribution in [2.75, 3.05) is 7.11 Å². The summed E-state index contributed by atoms with van der Waals surface area (Å²) in [5.74, 6) is 1.58. The molecular weight excluding hydrogens is 1000 g/mol. The second-order valence-electron chi connectivity index (χ2n) is 17.3. The van der Waals surface area contributed by atoms with E-state index in [1.54, 1.807) is 7.11 Å². The Balaban J connectivity index is 0.000000146. The number of benzene rings is 7. The van der Waals surface area contributed by atoms with E-state index in [-0.39, 0.29) is 26.2 Å². The van der Waals surface area contributed by atoms with Gasteiger partial charge in [0.15, 0.2) is 0 Å². The van der Waals surface area contributed by atoms with Crippen molar-refractivity contribution in [1.29, 1.82) is 0 Å². The molecule has 1 aliphatic rings. The Morgan fingerprint density at radius 2 is 1.14 bits per heavy atom. The number of halogens is 2. The van der Waals surface area contributed by atoms with Crippen LogP contribution < -0.4 is 4.74 Å². The summed E-state index contributed by atoms with van der Waals surface area (Å²) in [4.78, 5) is 0. The fourth-order valence-electron chi connectivity index (χ4n) is 8.98. The Morgan fingerprint density at radius 1 is 0.576 bits per heavy atom. The summed E-state index contributed by atoms with van der Waals surface area (Å²) >= 11 is -0.826. The van der Waals surface area contributed by atoms with E-state index in [0.29, 0.717) is 5.92 Å². The van der Waals surface area contributed by atoms with E-state index in [1.165, 1.54) is 105 Å². The Kier molecular flexibility index (Phi) is 18.9. The van der Waals surface area contributed by atoms with Crippen LogP contribution in [0.3, 0.4) is 0 Å². The van der Waals surface area contributed by atoms with Crippen LogP contribution in [0.1, 0.15) is 52.8 Å². The predicted octanol–water partition coefficient (Wildman–Crippen LogP) is 17.9. The molecule has 0 spiro atoms. The van der Waals surface area contributed by atoms with Crippen LogP contribution in [0.4, 0.5) is 0 Å². The summed E-state index contributed by atoms with van der Waals surface area (Å²) < 4.78 is 5.24. The molecule has 0 aromatic heterocycles. The molecular formula is C61H56Cl2OZr2. The van der Waals surface area contributed by atoms with E-state index in [0.717, 1.165) is 18.6 Å². The maximum absolute atomic E-state index is 5.24. The molecule has 0 atom stereocenters. The van der Waals surface area contributed by atoms with Gasteiger partial charge >= 0.3 is 64.1 Å². The number of hydrogen-bond donors (Lipinski definition) is 0. The van der Waals surface area contributed by atoms with Crippen LogP contribution in [0.2, 0.25) is 0 Å². The normalized spacial score (nSPS) is 10.8. The van der Waals surface area contributed by atoms with Gasteiger partial charge in [0.1, 0.15) is 5.75 Å². The summed E-state index contributed by atoms with van der Waals surface area (Å²) in [5, 5.41) is 8.07. The molecule has 0 saturated heterocycles. The van der Waals surface area contributed by atoms with Gasteiger partial charge in [0.25, 0.3) is 0 Å². The van der Waals surface area contributed by atoms with Crippen molar-refractivity contribution < 1.29 is 51.8 Å². The summed E-state index contributed by atoms with van der Waals surface area (Å²) in [6.07, 6.45) is 2.18. The fraction of sp³-hybridized carbons (Fsp3) is 0.164. The fourth-order valence-corrected chi connectivity index (χ4v) is 8.98. The van der Waals surface area contributed by atoms with Crippen molar-refractivity contribution in [2.24, 2.45) is 5.92 Å². The van der Waals surface area contributed by atoms with Crippen LogP contribution in [0.25, 0.3) is 65.7 Å². The molecule has 11 rings (SSSR count). The van der Waals surface area contributed by atoms with Gasteiger partial charge in [-0.1, -0.05) is 134 Å². The quantitative estimate of drug-likeness (QED) is 0.156. The Morgan fingerprint density at radius 3 is 1.82 bits per heavy atom. The van der Waals surface area contributed by atoms with Crippen molar-refractivity contribution >= 4 is 49.3 Å². The van der Waals surface area contributed by atoms with E-state index in [9.17, 15) is 0 Å². The molecule has 0 fully saturated rings. The number of hydrogen-bond acceptors (Lipinski definition) is 1. The zero-order valence-electron chi connectivity index (χ0n) is 39.0. The summed E-state index contributed by atoms with van der Waals surface area (Å²) in [7, 11) is 11.6. The number of ether oxygens (including phenoxy) is 1. The molecule has 0 aliphatic heterocycles. The molecule has 0 N–H and O–H groups in total. The van der Waals surface area contributed by atoms with Crippen LogP contribution >= 0.6 is 17.0 Å². The SMILES string of the molecule is COc1ccc(-c2cccc3[cH-]c(CC(C)C)cc23)cc1.Cc1cc(C)cc(-c2cccc3[cH-]c(C)cc23)c1.Cc1cc2ccccc2[cH-]1.[Cl][Zr+2][Cl].[Zr+2].[c-]1cccc2c1Cc1ccccc1-2. The van der Waals surface area contributed by atoms with Gasteiger partial charge in [-0.05, 0) is 55.9 Å². The molecule has 0 amide bonds. The van der Waals surface area contributed by atoms with Gasteiger partial charge in [-0.3, -0.25) is 0 Å². The van der Waals surface area contributed by atoms with Gasteiger partial charge in [-0.15, -0.1) is 115 Å². The first-order chi connectivity index (χ1) is 31.5. The first-order valence-electron chi connectivity index (χ1n) is 22.3. The minimum absolute atomic E-state index is 0. The third-order valence-electron chi connectivity index (χ3n) is 11.7. The largest absolute Gasteiger partial charge is 2.00 e. The first kappa shape index (κ1) is 50.9. The van der Waals surface area contributed by atoms with E-state index in [2.05, 4.69) is 211 Å². The Bertz CT molecular complexity index is 3010. The summed E-state index contributed by atoms with van der Waals surface area (Å²) in [5.41, 5.74) is 17.5. The van der Waals surface area contributed by atoms with E-state index in [4.69, 9.17) is 21.8 Å². The number of fused-ring (bicyclic) bond motifs is 6. The van der Waals surface area contributed by atoms with E-state index < -0.39 is 20.8 Å². The average molecular weight is 1060 g/mol. The molecule has 10 aromatic rings. The van der Waals surface area contributed by atoms with Gasteiger partial charge in [-0.25, -0.2) is 0 Å². The van der Waals surface area contributed by atoms with Crippen molar-refractivity contribution in [1.82, 2.24) is 0 Å². The minimum atomic E-state index is -0.826. The van der Waals surface area contributed by atoms with Crippen LogP contribution in [-0.4, -0.2) is 7.11 Å². The number of aryl methyl sites for hydroxylation is 4. The molecule has 0 radical (unpaired) electrons. The van der Waals surface area contributed by atoms with Gasteiger partial charge in [0, 0.05) is 0 Å². The number of methoxy groups -OCH3 is 1. The summed E-state index contributed by atoms with van der Waals surface area (Å²) in [6.45, 7) is 13.1. The predicted molar refractivity (Wildman–Crippen MR) is 279 cm³/mol. The van der Waals surface area contributed by atoms with Gasteiger partial charge in [-0.2, -0.15) is 48.0 Å². The van der Waals surface area contributed by atoms with Crippen molar-refractivity contribution in [3.05, 3.63) is 227 Å². The van der Waals surface area contributed by atoms with Crippen molar-refractivity contribution in [3.63, 3.8) is 0 Å². The molecule has 0 bridgehead atoms. The Labute approximate surface area is 430 Å². The molecule has 1 nitrogen and oxygen atoms in total. The third kappa shape index (κ3) is 13.1. The second kappa shape index (κ2) is 24.5. The van der Waals surface area contributed by atoms with Gasteiger partial charge < -0.3 is 4.74 Å². The van der Waals surface area contributed by atoms with Crippen molar-refractivity contribution in [2.45, 2.75) is 54.4 Å². The smallest absolute Gasteiger partial charge is 0.179 e. The zero-order valence-corrected chi connectivity index (χ0v) is 45.4. The van der Waals surface area contributed by atoms with E-state index >= 15 is 0 Å². The molecule has 66 heavy (non-hydrogen) atoms. The third-order valence-corrected chi connectivity index (χ3v) is 11.7. The monoisotopic (exact) mass is 1050 g/mol. The molecule has 0 unspecified atom stereocenters. The topological polar surface area (TPSA) is 9.23 Å².